The number of rotatable bonds is 8. The molecule has 0 saturated heterocycles. The maximum atomic E-state index is 11.5. The van der Waals surface area contributed by atoms with E-state index in [2.05, 4.69) is 25.9 Å². The lowest BCUT2D eigenvalue weighted by atomic mass is 10.0. The molecule has 0 spiro atoms. The molecule has 4 aromatic rings. The summed E-state index contributed by atoms with van der Waals surface area (Å²) in [5.41, 5.74) is 2.18. The van der Waals surface area contributed by atoms with Crippen molar-refractivity contribution in [2.45, 2.75) is 17.4 Å². The third kappa shape index (κ3) is 4.79. The Labute approximate surface area is 178 Å². The van der Waals surface area contributed by atoms with Crippen molar-refractivity contribution in [2.75, 3.05) is 17.2 Å². The molecule has 5 N–H and O–H groups in total. The van der Waals surface area contributed by atoms with Crippen LogP contribution in [0.2, 0.25) is 0 Å². The number of sulfonamides is 1. The summed E-state index contributed by atoms with van der Waals surface area (Å²) in [5, 5.41) is 29.2. The van der Waals surface area contributed by atoms with E-state index in [0.717, 1.165) is 5.56 Å². The molecule has 31 heavy (non-hydrogen) atoms. The van der Waals surface area contributed by atoms with Crippen molar-refractivity contribution in [1.29, 1.82) is 0 Å². The number of nitrogens with two attached hydrogens (primary N) is 1. The van der Waals surface area contributed by atoms with Gasteiger partial charge < -0.3 is 15.7 Å². The predicted octanol–water partition coefficient (Wildman–Crippen LogP) is 2.05. The summed E-state index contributed by atoms with van der Waals surface area (Å²) in [6.07, 6.45) is 2.04. The molecule has 2 aromatic heterocycles. The van der Waals surface area contributed by atoms with E-state index in [1.807, 2.05) is 30.3 Å². The van der Waals surface area contributed by atoms with Crippen molar-refractivity contribution in [3.63, 3.8) is 0 Å². The second-order valence-corrected chi connectivity index (χ2v) is 8.41. The second-order valence-electron chi connectivity index (χ2n) is 6.84. The monoisotopic (exact) mass is 439 g/mol. The van der Waals surface area contributed by atoms with Crippen LogP contribution >= 0.6 is 0 Å². The second kappa shape index (κ2) is 8.68. The van der Waals surface area contributed by atoms with Gasteiger partial charge in [-0.3, -0.25) is 0 Å². The summed E-state index contributed by atoms with van der Waals surface area (Å²) >= 11 is 0. The van der Waals surface area contributed by atoms with E-state index in [1.165, 1.54) is 22.8 Å². The summed E-state index contributed by atoms with van der Waals surface area (Å²) in [6, 6.07) is 17.5. The summed E-state index contributed by atoms with van der Waals surface area (Å²) in [7, 11) is -3.77. The van der Waals surface area contributed by atoms with E-state index in [1.54, 1.807) is 18.2 Å². The topological polar surface area (TPSA) is 148 Å². The molecule has 0 aliphatic carbocycles. The molecule has 2 aromatic carbocycles. The highest BCUT2D eigenvalue weighted by atomic mass is 32.2. The van der Waals surface area contributed by atoms with Crippen LogP contribution in [-0.2, 0) is 10.0 Å². The number of nitrogens with one attached hydrogen (secondary N) is 2. The summed E-state index contributed by atoms with van der Waals surface area (Å²) in [6.45, 7) is 0.0184. The summed E-state index contributed by atoms with van der Waals surface area (Å²) < 4.78 is 24.5. The molecule has 0 fully saturated rings. The average molecular weight is 440 g/mol. The molecule has 0 radical (unpaired) electrons. The Kier molecular flexibility index (Phi) is 5.80. The van der Waals surface area contributed by atoms with Gasteiger partial charge >= 0.3 is 0 Å². The number of benzene rings is 2. The van der Waals surface area contributed by atoms with E-state index < -0.39 is 10.0 Å². The van der Waals surface area contributed by atoms with E-state index >= 15 is 0 Å². The Hall–Kier alpha value is -3.54. The Morgan fingerprint density at radius 2 is 1.84 bits per heavy atom. The highest BCUT2D eigenvalue weighted by Crippen LogP contribution is 2.25. The number of aromatic nitrogens is 4. The largest absolute Gasteiger partial charge is 0.396 e. The maximum absolute atomic E-state index is 11.5. The molecule has 2 heterocycles. The molecule has 1 atom stereocenters. The zero-order valence-electron chi connectivity index (χ0n) is 16.4. The highest BCUT2D eigenvalue weighted by Gasteiger charge is 2.14. The van der Waals surface area contributed by atoms with Crippen LogP contribution in [0.4, 0.5) is 17.3 Å². The molecule has 4 rings (SSSR count). The van der Waals surface area contributed by atoms with Crippen molar-refractivity contribution >= 4 is 33.0 Å². The van der Waals surface area contributed by atoms with Gasteiger partial charge in [-0.2, -0.15) is 4.52 Å². The summed E-state index contributed by atoms with van der Waals surface area (Å²) in [4.78, 5) is 4.56. The van der Waals surface area contributed by atoms with Gasteiger partial charge in [-0.15, -0.1) is 5.10 Å². The SMILES string of the molecule is NS(=O)(=O)c1ccc(Nc2cc(NC(CCO)c3ccccc3)nc3cnnn23)cc1. The van der Waals surface area contributed by atoms with Gasteiger partial charge in [0.05, 0.1) is 17.1 Å². The number of fused-ring (bicyclic) bond motifs is 1. The molecule has 0 amide bonds. The lowest BCUT2D eigenvalue weighted by Crippen LogP contribution is -2.14. The van der Waals surface area contributed by atoms with Gasteiger partial charge in [0.1, 0.15) is 11.6 Å². The van der Waals surface area contributed by atoms with E-state index in [4.69, 9.17) is 5.14 Å². The van der Waals surface area contributed by atoms with Crippen LogP contribution in [0.5, 0.6) is 0 Å². The minimum Gasteiger partial charge on any atom is -0.396 e. The van der Waals surface area contributed by atoms with Gasteiger partial charge in [0.25, 0.3) is 0 Å². The fraction of sp³-hybridized carbons (Fsp3) is 0.150. The van der Waals surface area contributed by atoms with Crippen LogP contribution in [-0.4, -0.2) is 39.9 Å². The smallest absolute Gasteiger partial charge is 0.238 e. The Morgan fingerprint density at radius 3 is 2.52 bits per heavy atom. The van der Waals surface area contributed by atoms with E-state index in [0.29, 0.717) is 29.4 Å². The van der Waals surface area contributed by atoms with Crippen molar-refractivity contribution in [2.24, 2.45) is 5.14 Å². The quantitative estimate of drug-likeness (QED) is 0.326. The minimum atomic E-state index is -3.77. The van der Waals surface area contributed by atoms with Crippen LogP contribution in [0.15, 0.2) is 71.8 Å². The molecule has 0 saturated carbocycles. The predicted molar refractivity (Wildman–Crippen MR) is 116 cm³/mol. The fourth-order valence-corrected chi connectivity index (χ4v) is 3.69. The molecule has 10 nitrogen and oxygen atoms in total. The molecular weight excluding hydrogens is 418 g/mol. The van der Waals surface area contributed by atoms with Crippen LogP contribution < -0.4 is 15.8 Å². The lowest BCUT2D eigenvalue weighted by molar-refractivity contribution is 0.280. The van der Waals surface area contributed by atoms with E-state index in [-0.39, 0.29) is 17.5 Å². The zero-order chi connectivity index (χ0) is 21.8. The number of aliphatic hydroxyl groups is 1. The van der Waals surface area contributed by atoms with Crippen LogP contribution in [0.25, 0.3) is 5.65 Å². The first-order valence-electron chi connectivity index (χ1n) is 9.48. The molecule has 11 heteroatoms. The number of anilines is 3. The van der Waals surface area contributed by atoms with E-state index in [9.17, 15) is 13.5 Å². The molecule has 1 unspecified atom stereocenters. The van der Waals surface area contributed by atoms with Crippen molar-refractivity contribution in [3.05, 3.63) is 72.4 Å². The third-order valence-electron chi connectivity index (χ3n) is 4.67. The fourth-order valence-electron chi connectivity index (χ4n) is 3.18. The number of hydrogen-bond acceptors (Lipinski definition) is 8. The van der Waals surface area contributed by atoms with Crippen LogP contribution in [0.3, 0.4) is 0 Å². The zero-order valence-corrected chi connectivity index (χ0v) is 17.2. The number of nitrogens with zero attached hydrogens (tertiary/aromatic N) is 4. The Balaban J connectivity index is 1.64. The van der Waals surface area contributed by atoms with Gasteiger partial charge in [0.2, 0.25) is 10.0 Å². The lowest BCUT2D eigenvalue weighted by Gasteiger charge is -2.20. The first-order chi connectivity index (χ1) is 14.9. The molecule has 160 valence electrons. The Bertz CT molecular complexity index is 1280. The average Bonchev–Trinajstić information content (AvgIpc) is 3.23. The first kappa shape index (κ1) is 20.7. The van der Waals surface area contributed by atoms with Gasteiger partial charge in [-0.05, 0) is 36.2 Å². The number of primary sulfonamides is 1. The third-order valence-corrected chi connectivity index (χ3v) is 5.59. The molecular formula is C20H21N7O3S. The van der Waals surface area contributed by atoms with Gasteiger partial charge in [0.15, 0.2) is 5.65 Å². The van der Waals surface area contributed by atoms with Crippen LogP contribution in [0, 0.1) is 0 Å². The summed E-state index contributed by atoms with van der Waals surface area (Å²) in [5.74, 6) is 1.14. The molecule has 0 aliphatic rings. The van der Waals surface area contributed by atoms with Gasteiger partial charge in [0, 0.05) is 18.4 Å². The highest BCUT2D eigenvalue weighted by molar-refractivity contribution is 7.89. The minimum absolute atomic E-state index is 0.0184. The van der Waals surface area contributed by atoms with Crippen molar-refractivity contribution in [1.82, 2.24) is 19.8 Å². The number of aliphatic hydroxyl groups excluding tert-OH is 1. The first-order valence-corrected chi connectivity index (χ1v) is 11.0. The van der Waals surface area contributed by atoms with Crippen LogP contribution in [0.1, 0.15) is 18.0 Å². The normalized spacial score (nSPS) is 12.6. The van der Waals surface area contributed by atoms with Gasteiger partial charge in [-0.25, -0.2) is 18.5 Å². The molecule has 0 aliphatic heterocycles. The van der Waals surface area contributed by atoms with Gasteiger partial charge in [-0.1, -0.05) is 35.5 Å². The van der Waals surface area contributed by atoms with Crippen molar-refractivity contribution in [3.8, 4) is 0 Å². The van der Waals surface area contributed by atoms with Crippen molar-refractivity contribution < 1.29 is 13.5 Å². The number of hydrogen-bond donors (Lipinski definition) is 4. The Morgan fingerprint density at radius 1 is 1.10 bits per heavy atom. The molecule has 0 bridgehead atoms. The maximum Gasteiger partial charge on any atom is 0.238 e. The standard InChI is InChI=1S/C20H21N7O3S/c21-31(29,30)16-8-6-15(7-9-16)23-19-12-18(25-20-13-22-26-27(19)20)24-17(10-11-28)14-4-2-1-3-5-14/h1-9,12-13,17,23,28H,10-11H2,(H,24,25)(H2,21,29,30).